The zero-order valence-electron chi connectivity index (χ0n) is 8.29. The molecule has 1 aromatic carbocycles. The first-order valence-corrected chi connectivity index (χ1v) is 5.44. The van der Waals surface area contributed by atoms with Gasteiger partial charge in [-0.25, -0.2) is 0 Å². The Morgan fingerprint density at radius 2 is 2.29 bits per heavy atom. The minimum Gasteiger partial charge on any atom is -0.465 e. The van der Waals surface area contributed by atoms with Crippen LogP contribution in [0.25, 0.3) is 0 Å². The third-order valence-corrected chi connectivity index (χ3v) is 2.73. The van der Waals surface area contributed by atoms with Crippen LogP contribution in [0.4, 0.5) is 0 Å². The summed E-state index contributed by atoms with van der Waals surface area (Å²) in [7, 11) is 0. The van der Waals surface area contributed by atoms with Gasteiger partial charge in [0.1, 0.15) is 4.83 Å². The predicted molar refractivity (Wildman–Crippen MR) is 59.5 cm³/mol. The molecule has 3 heteroatoms. The standard InChI is InChI=1S/C11H13BrO2/c1-3-14-11(13)10(12)9-6-4-5-8(2)7-9/h4-7,10H,3H2,1-2H3/t10-/m1/s1. The van der Waals surface area contributed by atoms with Crippen LogP contribution in [-0.2, 0) is 9.53 Å². The fourth-order valence-electron chi connectivity index (χ4n) is 1.18. The highest BCUT2D eigenvalue weighted by Crippen LogP contribution is 2.24. The smallest absolute Gasteiger partial charge is 0.324 e. The first-order valence-electron chi connectivity index (χ1n) is 4.52. The number of carbonyl (C=O) groups is 1. The Balaban J connectivity index is 2.78. The lowest BCUT2D eigenvalue weighted by Crippen LogP contribution is -2.10. The Morgan fingerprint density at radius 3 is 2.86 bits per heavy atom. The molecule has 0 saturated heterocycles. The van der Waals surface area contributed by atoms with E-state index < -0.39 is 0 Å². The molecule has 2 nitrogen and oxygen atoms in total. The maximum Gasteiger partial charge on any atom is 0.324 e. The topological polar surface area (TPSA) is 26.3 Å². The molecule has 0 aliphatic heterocycles. The summed E-state index contributed by atoms with van der Waals surface area (Å²) in [4.78, 5) is 11.0. The van der Waals surface area contributed by atoms with Crippen LogP contribution in [-0.4, -0.2) is 12.6 Å². The van der Waals surface area contributed by atoms with E-state index in [0.717, 1.165) is 11.1 Å². The summed E-state index contributed by atoms with van der Waals surface area (Å²) < 4.78 is 4.91. The van der Waals surface area contributed by atoms with E-state index in [4.69, 9.17) is 4.74 Å². The monoisotopic (exact) mass is 256 g/mol. The van der Waals surface area contributed by atoms with Crippen LogP contribution in [0, 0.1) is 6.92 Å². The second kappa shape index (κ2) is 5.15. The normalized spacial score (nSPS) is 12.2. The largest absolute Gasteiger partial charge is 0.465 e. The summed E-state index contributed by atoms with van der Waals surface area (Å²) in [6, 6.07) is 7.80. The molecule has 1 rings (SSSR count). The van der Waals surface area contributed by atoms with Gasteiger partial charge in [0.15, 0.2) is 0 Å². The molecule has 14 heavy (non-hydrogen) atoms. The highest BCUT2D eigenvalue weighted by molar-refractivity contribution is 9.09. The molecule has 0 heterocycles. The van der Waals surface area contributed by atoms with Crippen molar-refractivity contribution in [1.29, 1.82) is 0 Å². The minimum atomic E-state index is -0.359. The van der Waals surface area contributed by atoms with Crippen molar-refractivity contribution < 1.29 is 9.53 Å². The zero-order valence-corrected chi connectivity index (χ0v) is 9.87. The van der Waals surface area contributed by atoms with E-state index in [-0.39, 0.29) is 10.8 Å². The number of benzene rings is 1. The quantitative estimate of drug-likeness (QED) is 0.614. The summed E-state index contributed by atoms with van der Waals surface area (Å²) in [6.07, 6.45) is 0. The van der Waals surface area contributed by atoms with E-state index >= 15 is 0 Å². The van der Waals surface area contributed by atoms with Gasteiger partial charge in [-0.2, -0.15) is 0 Å². The van der Waals surface area contributed by atoms with Gasteiger partial charge >= 0.3 is 5.97 Å². The summed E-state index contributed by atoms with van der Waals surface area (Å²) >= 11 is 3.31. The molecule has 0 amide bonds. The number of rotatable bonds is 3. The van der Waals surface area contributed by atoms with Crippen LogP contribution in [0.15, 0.2) is 24.3 Å². The fourth-order valence-corrected chi connectivity index (χ4v) is 1.60. The van der Waals surface area contributed by atoms with Gasteiger partial charge in [-0.05, 0) is 19.4 Å². The molecule has 0 aliphatic rings. The van der Waals surface area contributed by atoms with E-state index in [1.54, 1.807) is 6.92 Å². The third-order valence-electron chi connectivity index (χ3n) is 1.83. The number of esters is 1. The maximum absolute atomic E-state index is 11.4. The summed E-state index contributed by atoms with van der Waals surface area (Å²) in [6.45, 7) is 4.20. The number of carbonyl (C=O) groups excluding carboxylic acids is 1. The Labute approximate surface area is 92.4 Å². The number of hydrogen-bond donors (Lipinski definition) is 0. The molecule has 76 valence electrons. The van der Waals surface area contributed by atoms with Crippen LogP contribution in [0.3, 0.4) is 0 Å². The lowest BCUT2D eigenvalue weighted by atomic mass is 10.1. The number of halogens is 1. The van der Waals surface area contributed by atoms with Gasteiger partial charge in [-0.1, -0.05) is 45.8 Å². The van der Waals surface area contributed by atoms with Gasteiger partial charge in [-0.3, -0.25) is 4.79 Å². The van der Waals surface area contributed by atoms with Crippen molar-refractivity contribution in [1.82, 2.24) is 0 Å². The van der Waals surface area contributed by atoms with Crippen LogP contribution in [0.2, 0.25) is 0 Å². The number of ether oxygens (including phenoxy) is 1. The lowest BCUT2D eigenvalue weighted by molar-refractivity contribution is -0.142. The number of alkyl halides is 1. The SMILES string of the molecule is CCOC(=O)[C@H](Br)c1cccc(C)c1. The van der Waals surface area contributed by atoms with Crippen molar-refractivity contribution in [2.75, 3.05) is 6.61 Å². The molecular formula is C11H13BrO2. The Morgan fingerprint density at radius 1 is 1.57 bits per heavy atom. The highest BCUT2D eigenvalue weighted by atomic mass is 79.9. The summed E-state index contributed by atoms with van der Waals surface area (Å²) in [5.74, 6) is -0.238. The van der Waals surface area contributed by atoms with E-state index in [1.165, 1.54) is 0 Å². The average Bonchev–Trinajstić information content (AvgIpc) is 2.17. The molecular weight excluding hydrogens is 244 g/mol. The van der Waals surface area contributed by atoms with E-state index in [2.05, 4.69) is 15.9 Å². The van der Waals surface area contributed by atoms with Gasteiger partial charge in [0.2, 0.25) is 0 Å². The molecule has 1 aromatic rings. The van der Waals surface area contributed by atoms with Crippen LogP contribution >= 0.6 is 15.9 Å². The summed E-state index contributed by atoms with van der Waals surface area (Å²) in [5.41, 5.74) is 2.07. The van der Waals surface area contributed by atoms with Crippen molar-refractivity contribution >= 4 is 21.9 Å². The minimum absolute atomic E-state index is 0.238. The molecule has 0 unspecified atom stereocenters. The third kappa shape index (κ3) is 2.84. The fraction of sp³-hybridized carbons (Fsp3) is 0.364. The molecule has 0 fully saturated rings. The highest BCUT2D eigenvalue weighted by Gasteiger charge is 2.17. The first kappa shape index (κ1) is 11.2. The molecule has 0 aliphatic carbocycles. The van der Waals surface area contributed by atoms with Gasteiger partial charge < -0.3 is 4.74 Å². The Kier molecular flexibility index (Phi) is 4.14. The maximum atomic E-state index is 11.4. The van der Waals surface area contributed by atoms with E-state index in [0.29, 0.717) is 6.61 Å². The van der Waals surface area contributed by atoms with Gasteiger partial charge in [-0.15, -0.1) is 0 Å². The molecule has 0 spiro atoms. The van der Waals surface area contributed by atoms with Crippen molar-refractivity contribution in [3.05, 3.63) is 35.4 Å². The number of aryl methyl sites for hydroxylation is 1. The van der Waals surface area contributed by atoms with Crippen molar-refractivity contribution in [2.45, 2.75) is 18.7 Å². The molecule has 0 aromatic heterocycles. The van der Waals surface area contributed by atoms with Crippen LogP contribution in [0.5, 0.6) is 0 Å². The van der Waals surface area contributed by atoms with Crippen molar-refractivity contribution in [2.24, 2.45) is 0 Å². The molecule has 0 N–H and O–H groups in total. The molecule has 0 bridgehead atoms. The number of hydrogen-bond acceptors (Lipinski definition) is 2. The van der Waals surface area contributed by atoms with Crippen molar-refractivity contribution in [3.8, 4) is 0 Å². The van der Waals surface area contributed by atoms with Crippen LogP contribution < -0.4 is 0 Å². The van der Waals surface area contributed by atoms with Gasteiger partial charge in [0.05, 0.1) is 6.61 Å². The zero-order chi connectivity index (χ0) is 10.6. The first-order chi connectivity index (χ1) is 6.65. The average molecular weight is 257 g/mol. The second-order valence-electron chi connectivity index (χ2n) is 3.03. The van der Waals surface area contributed by atoms with Gasteiger partial charge in [0.25, 0.3) is 0 Å². The molecule has 1 atom stereocenters. The molecule has 0 saturated carbocycles. The van der Waals surface area contributed by atoms with Crippen LogP contribution in [0.1, 0.15) is 22.9 Å². The lowest BCUT2D eigenvalue weighted by Gasteiger charge is -2.09. The Hall–Kier alpha value is -0.830. The molecule has 0 radical (unpaired) electrons. The van der Waals surface area contributed by atoms with E-state index in [9.17, 15) is 4.79 Å². The Bertz CT molecular complexity index is 323. The predicted octanol–water partition coefficient (Wildman–Crippen LogP) is 2.99. The van der Waals surface area contributed by atoms with Gasteiger partial charge in [0, 0.05) is 0 Å². The van der Waals surface area contributed by atoms with Crippen molar-refractivity contribution in [3.63, 3.8) is 0 Å². The van der Waals surface area contributed by atoms with E-state index in [1.807, 2.05) is 31.2 Å². The summed E-state index contributed by atoms with van der Waals surface area (Å²) in [5, 5.41) is 0. The second-order valence-corrected chi connectivity index (χ2v) is 3.94.